The predicted octanol–water partition coefficient (Wildman–Crippen LogP) is 7.49. The molecule has 0 radical (unpaired) electrons. The van der Waals surface area contributed by atoms with Crippen molar-refractivity contribution in [1.82, 2.24) is 0 Å². The summed E-state index contributed by atoms with van der Waals surface area (Å²) in [6.45, 7) is 2.31. The van der Waals surface area contributed by atoms with Crippen molar-refractivity contribution < 1.29 is 49.3 Å². The quantitative estimate of drug-likeness (QED) is 0.354. The maximum absolute atomic E-state index is 15.2. The molecule has 1 unspecified atom stereocenters. The Hall–Kier alpha value is -3.08. The summed E-state index contributed by atoms with van der Waals surface area (Å²) in [5.41, 5.74) is -4.94. The van der Waals surface area contributed by atoms with E-state index in [1.807, 2.05) is 0 Å². The number of benzene rings is 2. The Balaban J connectivity index is 1.73. The third-order valence-electron chi connectivity index (χ3n) is 5.93. The van der Waals surface area contributed by atoms with Crippen molar-refractivity contribution in [2.75, 3.05) is 19.8 Å². The molecule has 0 spiro atoms. The average molecular weight is 520 g/mol. The minimum Gasteiger partial charge on any atom is -0.491 e. The Kier molecular flexibility index (Phi) is 6.80. The summed E-state index contributed by atoms with van der Waals surface area (Å²) < 4.78 is 133. The average Bonchev–Trinajstić information content (AvgIpc) is 2.82. The molecule has 11 heteroatoms. The van der Waals surface area contributed by atoms with Gasteiger partial charge in [0.2, 0.25) is 0 Å². The van der Waals surface area contributed by atoms with Gasteiger partial charge in [-0.1, -0.05) is 6.08 Å². The van der Waals surface area contributed by atoms with Gasteiger partial charge in [0.15, 0.2) is 34.8 Å². The third-order valence-corrected chi connectivity index (χ3v) is 5.93. The lowest BCUT2D eigenvalue weighted by Gasteiger charge is -2.35. The van der Waals surface area contributed by atoms with Gasteiger partial charge in [0, 0.05) is 12.2 Å². The van der Waals surface area contributed by atoms with Crippen LogP contribution in [0.3, 0.4) is 0 Å². The number of rotatable bonds is 7. The standard InChI is InChI=1S/C25H20F8O3/c1-3-34-15-9-6-13-14-7-10-16(36-11-12-5-8-17(35-4-2)23(29)20(12)26)22(28)19(14)25(32,33)24(30,31)18(13)21(15)27/h5-7,9-10,17H,3-4,8,11H2,1-2H3. The van der Waals surface area contributed by atoms with Gasteiger partial charge >= 0.3 is 11.8 Å². The summed E-state index contributed by atoms with van der Waals surface area (Å²) in [6, 6.07) is 3.67. The molecule has 0 saturated heterocycles. The van der Waals surface area contributed by atoms with Crippen molar-refractivity contribution in [2.45, 2.75) is 38.2 Å². The molecule has 2 aromatic rings. The molecule has 36 heavy (non-hydrogen) atoms. The number of ether oxygens (including phenoxy) is 3. The van der Waals surface area contributed by atoms with E-state index >= 15 is 13.2 Å². The van der Waals surface area contributed by atoms with Crippen LogP contribution in [0.25, 0.3) is 11.1 Å². The lowest BCUT2D eigenvalue weighted by molar-refractivity contribution is -0.228. The van der Waals surface area contributed by atoms with E-state index in [0.29, 0.717) is 0 Å². The molecule has 0 saturated carbocycles. The molecule has 3 nitrogen and oxygen atoms in total. The molecule has 2 aliphatic rings. The molecule has 0 amide bonds. The van der Waals surface area contributed by atoms with Crippen LogP contribution < -0.4 is 9.47 Å². The van der Waals surface area contributed by atoms with Crippen molar-refractivity contribution in [2.24, 2.45) is 0 Å². The molecule has 4 rings (SSSR count). The van der Waals surface area contributed by atoms with Crippen LogP contribution in [0.5, 0.6) is 11.5 Å². The second-order valence-corrected chi connectivity index (χ2v) is 8.04. The first-order chi connectivity index (χ1) is 17.0. The zero-order chi connectivity index (χ0) is 26.4. The number of fused-ring (bicyclic) bond motifs is 3. The molecule has 0 aromatic heterocycles. The molecule has 0 fully saturated rings. The molecule has 0 heterocycles. The Bertz CT molecular complexity index is 1250. The van der Waals surface area contributed by atoms with E-state index in [-0.39, 0.29) is 25.2 Å². The predicted molar refractivity (Wildman–Crippen MR) is 114 cm³/mol. The number of alkyl halides is 4. The van der Waals surface area contributed by atoms with E-state index < -0.39 is 81.6 Å². The fourth-order valence-corrected chi connectivity index (χ4v) is 4.23. The molecule has 1 atom stereocenters. The van der Waals surface area contributed by atoms with Crippen molar-refractivity contribution in [1.29, 1.82) is 0 Å². The summed E-state index contributed by atoms with van der Waals surface area (Å²) in [7, 11) is 0. The Morgan fingerprint density at radius 2 is 1.31 bits per heavy atom. The summed E-state index contributed by atoms with van der Waals surface area (Å²) in [4.78, 5) is 0. The van der Waals surface area contributed by atoms with Crippen LogP contribution in [0.4, 0.5) is 35.1 Å². The van der Waals surface area contributed by atoms with Gasteiger partial charge in [-0.2, -0.15) is 17.6 Å². The molecule has 0 aliphatic heterocycles. The molecule has 0 N–H and O–H groups in total. The number of halogens is 8. The fourth-order valence-electron chi connectivity index (χ4n) is 4.23. The summed E-state index contributed by atoms with van der Waals surface area (Å²) >= 11 is 0. The second-order valence-electron chi connectivity index (χ2n) is 8.04. The van der Waals surface area contributed by atoms with Crippen molar-refractivity contribution in [3.8, 4) is 22.6 Å². The minimum atomic E-state index is -5.17. The van der Waals surface area contributed by atoms with E-state index in [9.17, 15) is 22.0 Å². The highest BCUT2D eigenvalue weighted by molar-refractivity contribution is 5.78. The highest BCUT2D eigenvalue weighted by atomic mass is 19.3. The van der Waals surface area contributed by atoms with Gasteiger partial charge in [-0.05, 0) is 55.7 Å². The van der Waals surface area contributed by atoms with Gasteiger partial charge in [0.25, 0.3) is 0 Å². The van der Waals surface area contributed by atoms with Gasteiger partial charge in [-0.15, -0.1) is 0 Å². The maximum atomic E-state index is 15.2. The van der Waals surface area contributed by atoms with Gasteiger partial charge in [-0.3, -0.25) is 0 Å². The minimum absolute atomic E-state index is 0.0468. The van der Waals surface area contributed by atoms with E-state index in [0.717, 1.165) is 24.3 Å². The van der Waals surface area contributed by atoms with Gasteiger partial charge < -0.3 is 14.2 Å². The molecule has 0 bridgehead atoms. The lowest BCUT2D eigenvalue weighted by atomic mass is 9.79. The van der Waals surface area contributed by atoms with E-state index in [1.54, 1.807) is 6.92 Å². The number of hydrogen-bond acceptors (Lipinski definition) is 3. The monoisotopic (exact) mass is 520 g/mol. The fraction of sp³-hybridized carbons (Fsp3) is 0.360. The van der Waals surface area contributed by atoms with Crippen LogP contribution in [0.1, 0.15) is 31.4 Å². The van der Waals surface area contributed by atoms with Crippen molar-refractivity contribution in [3.63, 3.8) is 0 Å². The van der Waals surface area contributed by atoms with E-state index in [2.05, 4.69) is 0 Å². The Morgan fingerprint density at radius 1 is 0.778 bits per heavy atom. The van der Waals surface area contributed by atoms with Gasteiger partial charge in [0.1, 0.15) is 12.7 Å². The smallest absolute Gasteiger partial charge is 0.343 e. The summed E-state index contributed by atoms with van der Waals surface area (Å²) in [6.07, 6.45) is 0.0607. The largest absolute Gasteiger partial charge is 0.491 e. The van der Waals surface area contributed by atoms with E-state index in [1.165, 1.54) is 13.0 Å². The molecular formula is C25H20F8O3. The van der Waals surface area contributed by atoms with Crippen LogP contribution in [-0.2, 0) is 16.6 Å². The van der Waals surface area contributed by atoms with E-state index in [4.69, 9.17) is 14.2 Å². The lowest BCUT2D eigenvalue weighted by Crippen LogP contribution is -2.41. The van der Waals surface area contributed by atoms with Crippen LogP contribution in [0.2, 0.25) is 0 Å². The summed E-state index contributed by atoms with van der Waals surface area (Å²) in [5.74, 6) is -17.8. The third kappa shape index (κ3) is 3.93. The topological polar surface area (TPSA) is 27.7 Å². The molecular weight excluding hydrogens is 500 g/mol. The van der Waals surface area contributed by atoms with Crippen LogP contribution in [0, 0.1) is 11.6 Å². The number of hydrogen-bond donors (Lipinski definition) is 0. The van der Waals surface area contributed by atoms with Crippen molar-refractivity contribution in [3.05, 3.63) is 70.3 Å². The van der Waals surface area contributed by atoms with Crippen molar-refractivity contribution >= 4 is 0 Å². The first-order valence-electron chi connectivity index (χ1n) is 11.0. The van der Waals surface area contributed by atoms with Gasteiger partial charge in [-0.25, -0.2) is 17.6 Å². The first kappa shape index (κ1) is 26.0. The zero-order valence-electron chi connectivity index (χ0n) is 19.0. The Morgan fingerprint density at radius 3 is 1.81 bits per heavy atom. The SMILES string of the molecule is CCOc1ccc2c(c1F)C(F)(F)C(F)(F)c1c-2ccc(OCC2=CCC(OCC)C(F)=C2F)c1F. The molecule has 2 aromatic carbocycles. The van der Waals surface area contributed by atoms with Crippen LogP contribution in [-0.4, -0.2) is 25.9 Å². The van der Waals surface area contributed by atoms with Gasteiger partial charge in [0.05, 0.1) is 17.7 Å². The van der Waals surface area contributed by atoms with Crippen LogP contribution in [0.15, 0.2) is 47.6 Å². The highest BCUT2D eigenvalue weighted by Crippen LogP contribution is 2.60. The highest BCUT2D eigenvalue weighted by Gasteiger charge is 2.65. The zero-order valence-corrected chi connectivity index (χ0v) is 19.0. The molecule has 194 valence electrons. The maximum Gasteiger partial charge on any atom is 0.343 e. The summed E-state index contributed by atoms with van der Waals surface area (Å²) in [5, 5.41) is 0. The second kappa shape index (κ2) is 9.42. The van der Waals surface area contributed by atoms with Crippen LogP contribution >= 0.6 is 0 Å². The molecule has 2 aliphatic carbocycles. The normalized spacial score (nSPS) is 19.9. The first-order valence-corrected chi connectivity index (χ1v) is 11.0. The Labute approximate surface area is 201 Å².